The van der Waals surface area contributed by atoms with Gasteiger partial charge in [-0.1, -0.05) is 24.3 Å². The molecule has 0 amide bonds. The smallest absolute Gasteiger partial charge is 0.160 e. The number of nitrogens with zero attached hydrogens (tertiary/aromatic N) is 2. The maximum atomic E-state index is 10.0. The maximum absolute atomic E-state index is 10.0. The van der Waals surface area contributed by atoms with E-state index in [4.69, 9.17) is 9.47 Å². The van der Waals surface area contributed by atoms with Gasteiger partial charge in [0.25, 0.3) is 0 Å². The van der Waals surface area contributed by atoms with Crippen molar-refractivity contribution in [3.8, 4) is 17.6 Å². The lowest BCUT2D eigenvalue weighted by molar-refractivity contribution is 0.313. The van der Waals surface area contributed by atoms with Gasteiger partial charge in [0.2, 0.25) is 0 Å². The minimum atomic E-state index is -0.327. The predicted molar refractivity (Wildman–Crippen MR) is 119 cm³/mol. The summed E-state index contributed by atoms with van der Waals surface area (Å²) in [5.74, 6) is 2.56. The molecule has 2 aromatic rings. The molecule has 2 aromatic carbocycles. The van der Waals surface area contributed by atoms with Crippen LogP contribution in [0.1, 0.15) is 30.4 Å². The second-order valence-electron chi connectivity index (χ2n) is 7.63. The van der Waals surface area contributed by atoms with Gasteiger partial charge in [0.15, 0.2) is 11.5 Å². The number of hydrogen-bond donors (Lipinski definition) is 0. The Kier molecular flexibility index (Phi) is 7.46. The van der Waals surface area contributed by atoms with Gasteiger partial charge >= 0.3 is 0 Å². The van der Waals surface area contributed by atoms with Crippen LogP contribution < -0.4 is 9.47 Å². The normalized spacial score (nSPS) is 18.2. The Bertz CT molecular complexity index is 864. The SMILES string of the molecule is COc1ccc(CCN(C)CCCC2(C#N)CCSc3ccccc32)cc1OC. The molecule has 1 atom stereocenters. The maximum Gasteiger partial charge on any atom is 0.160 e. The van der Waals surface area contributed by atoms with Crippen molar-refractivity contribution in [3.05, 3.63) is 53.6 Å². The van der Waals surface area contributed by atoms with Crippen LogP contribution in [0.3, 0.4) is 0 Å². The monoisotopic (exact) mass is 410 g/mol. The number of methoxy groups -OCH3 is 2. The molecule has 5 heteroatoms. The van der Waals surface area contributed by atoms with Crippen LogP contribution in [0.15, 0.2) is 47.4 Å². The quantitative estimate of drug-likeness (QED) is 0.587. The fourth-order valence-corrected chi connectivity index (χ4v) is 5.27. The Hall–Kier alpha value is -2.16. The van der Waals surface area contributed by atoms with Crippen molar-refractivity contribution in [1.82, 2.24) is 4.90 Å². The average Bonchev–Trinajstić information content (AvgIpc) is 2.77. The molecule has 0 spiro atoms. The summed E-state index contributed by atoms with van der Waals surface area (Å²) >= 11 is 1.88. The van der Waals surface area contributed by atoms with Gasteiger partial charge in [-0.2, -0.15) is 5.26 Å². The van der Waals surface area contributed by atoms with E-state index in [1.165, 1.54) is 16.0 Å². The summed E-state index contributed by atoms with van der Waals surface area (Å²) in [7, 11) is 5.48. The van der Waals surface area contributed by atoms with Crippen molar-refractivity contribution in [2.24, 2.45) is 0 Å². The van der Waals surface area contributed by atoms with E-state index in [-0.39, 0.29) is 5.41 Å². The van der Waals surface area contributed by atoms with Crippen LogP contribution in [0.25, 0.3) is 0 Å². The Labute approximate surface area is 178 Å². The van der Waals surface area contributed by atoms with Crippen LogP contribution in [-0.2, 0) is 11.8 Å². The lowest BCUT2D eigenvalue weighted by Gasteiger charge is -2.33. The number of hydrogen-bond acceptors (Lipinski definition) is 5. The third-order valence-electron chi connectivity index (χ3n) is 5.78. The number of thioether (sulfide) groups is 1. The fraction of sp³-hybridized carbons (Fsp3) is 0.458. The lowest BCUT2D eigenvalue weighted by atomic mass is 9.75. The second kappa shape index (κ2) is 10.0. The second-order valence-corrected chi connectivity index (χ2v) is 8.77. The summed E-state index contributed by atoms with van der Waals surface area (Å²) in [5, 5.41) is 10.0. The van der Waals surface area contributed by atoms with Gasteiger partial charge in [0.1, 0.15) is 0 Å². The van der Waals surface area contributed by atoms with E-state index in [0.29, 0.717) is 0 Å². The van der Waals surface area contributed by atoms with Gasteiger partial charge in [0.05, 0.1) is 25.7 Å². The molecule has 154 valence electrons. The summed E-state index contributed by atoms with van der Waals surface area (Å²) in [6.07, 6.45) is 3.84. The van der Waals surface area contributed by atoms with Crippen molar-refractivity contribution < 1.29 is 9.47 Å². The first kappa shape index (κ1) is 21.5. The molecule has 1 unspecified atom stereocenters. The number of nitriles is 1. The lowest BCUT2D eigenvalue weighted by Crippen LogP contribution is -2.31. The minimum Gasteiger partial charge on any atom is -0.493 e. The molecule has 0 aliphatic carbocycles. The number of likely N-dealkylation sites (N-methyl/N-ethyl adjacent to an activating group) is 1. The van der Waals surface area contributed by atoms with Crippen LogP contribution in [0.2, 0.25) is 0 Å². The summed E-state index contributed by atoms with van der Waals surface area (Å²) in [4.78, 5) is 3.63. The molecule has 0 bridgehead atoms. The zero-order valence-corrected chi connectivity index (χ0v) is 18.4. The first-order valence-corrected chi connectivity index (χ1v) is 11.1. The average molecular weight is 411 g/mol. The number of benzene rings is 2. The van der Waals surface area contributed by atoms with Gasteiger partial charge in [-0.25, -0.2) is 0 Å². The highest BCUT2D eigenvalue weighted by atomic mass is 32.2. The summed E-state index contributed by atoms with van der Waals surface area (Å²) in [6.45, 7) is 1.97. The topological polar surface area (TPSA) is 45.5 Å². The highest BCUT2D eigenvalue weighted by molar-refractivity contribution is 7.99. The Morgan fingerprint density at radius 1 is 1.10 bits per heavy atom. The molecule has 4 nitrogen and oxygen atoms in total. The van der Waals surface area contributed by atoms with Gasteiger partial charge in [-0.15, -0.1) is 11.8 Å². The van der Waals surface area contributed by atoms with Crippen LogP contribution in [0.5, 0.6) is 11.5 Å². The Morgan fingerprint density at radius 3 is 2.66 bits per heavy atom. The predicted octanol–water partition coefficient (Wildman–Crippen LogP) is 4.92. The molecule has 1 aliphatic rings. The molecule has 29 heavy (non-hydrogen) atoms. The fourth-order valence-electron chi connectivity index (χ4n) is 4.01. The van der Waals surface area contributed by atoms with Crippen LogP contribution in [-0.4, -0.2) is 45.0 Å². The van der Waals surface area contributed by atoms with Gasteiger partial charge < -0.3 is 14.4 Å². The summed E-state index contributed by atoms with van der Waals surface area (Å²) in [5.41, 5.74) is 2.14. The van der Waals surface area contributed by atoms with Crippen LogP contribution >= 0.6 is 11.8 Å². The number of rotatable bonds is 9. The van der Waals surface area contributed by atoms with Crippen molar-refractivity contribution >= 4 is 11.8 Å². The minimum absolute atomic E-state index is 0.327. The van der Waals surface area contributed by atoms with Gasteiger partial charge in [-0.05, 0) is 74.4 Å². The molecule has 0 saturated carbocycles. The number of ether oxygens (including phenoxy) is 2. The van der Waals surface area contributed by atoms with Crippen molar-refractivity contribution in [2.75, 3.05) is 40.1 Å². The van der Waals surface area contributed by atoms with E-state index in [0.717, 1.165) is 56.0 Å². The molecule has 1 aliphatic heterocycles. The summed E-state index contributed by atoms with van der Waals surface area (Å²) < 4.78 is 10.7. The zero-order valence-electron chi connectivity index (χ0n) is 17.6. The van der Waals surface area contributed by atoms with Gasteiger partial charge in [-0.3, -0.25) is 0 Å². The molecule has 0 fully saturated rings. The molecule has 0 radical (unpaired) electrons. The molecule has 3 rings (SSSR count). The molecule has 0 aromatic heterocycles. The van der Waals surface area contributed by atoms with E-state index < -0.39 is 0 Å². The van der Waals surface area contributed by atoms with Crippen molar-refractivity contribution in [3.63, 3.8) is 0 Å². The standard InChI is InChI=1S/C24H30N2O2S/c1-26(15-11-19-9-10-21(27-2)22(17-19)28-3)14-6-12-24(18-25)13-16-29-23-8-5-4-7-20(23)24/h4-5,7-10,17H,6,11-16H2,1-3H3. The van der Waals surface area contributed by atoms with Crippen LogP contribution in [0, 0.1) is 11.3 Å². The Morgan fingerprint density at radius 2 is 1.90 bits per heavy atom. The molecule has 1 heterocycles. The largest absolute Gasteiger partial charge is 0.493 e. The first-order chi connectivity index (χ1) is 14.1. The third kappa shape index (κ3) is 5.07. The molecule has 0 saturated heterocycles. The first-order valence-electron chi connectivity index (χ1n) is 10.1. The van der Waals surface area contributed by atoms with E-state index in [1.54, 1.807) is 14.2 Å². The van der Waals surface area contributed by atoms with Crippen LogP contribution in [0.4, 0.5) is 0 Å². The number of fused-ring (bicyclic) bond motifs is 1. The van der Waals surface area contributed by atoms with E-state index >= 15 is 0 Å². The third-order valence-corrected chi connectivity index (χ3v) is 6.85. The van der Waals surface area contributed by atoms with E-state index in [1.807, 2.05) is 23.9 Å². The Balaban J connectivity index is 1.53. The highest BCUT2D eigenvalue weighted by Crippen LogP contribution is 2.44. The van der Waals surface area contributed by atoms with Crippen molar-refractivity contribution in [2.45, 2.75) is 36.0 Å². The zero-order chi connectivity index (χ0) is 20.7. The molecular weight excluding hydrogens is 380 g/mol. The summed E-state index contributed by atoms with van der Waals surface area (Å²) in [6, 6.07) is 17.2. The highest BCUT2D eigenvalue weighted by Gasteiger charge is 2.36. The molecular formula is C24H30N2O2S. The van der Waals surface area contributed by atoms with Gasteiger partial charge in [0, 0.05) is 11.4 Å². The molecule has 0 N–H and O–H groups in total. The van der Waals surface area contributed by atoms with E-state index in [2.05, 4.69) is 48.3 Å². The van der Waals surface area contributed by atoms with Crippen molar-refractivity contribution in [1.29, 1.82) is 5.26 Å². The van der Waals surface area contributed by atoms with E-state index in [9.17, 15) is 5.26 Å².